The summed E-state index contributed by atoms with van der Waals surface area (Å²) in [7, 11) is 0. The van der Waals surface area contributed by atoms with Crippen LogP contribution in [0.15, 0.2) is 49.0 Å². The van der Waals surface area contributed by atoms with Crippen molar-refractivity contribution in [2.75, 3.05) is 0 Å². The Balaban J connectivity index is 2.19. The van der Waals surface area contributed by atoms with Crippen molar-refractivity contribution in [1.82, 2.24) is 0 Å². The lowest BCUT2D eigenvalue weighted by Gasteiger charge is -2.11. The van der Waals surface area contributed by atoms with Gasteiger partial charge in [0.1, 0.15) is 18.2 Å². The maximum Gasteiger partial charge on any atom is 0.129 e. The zero-order valence-corrected chi connectivity index (χ0v) is 11.0. The first-order chi connectivity index (χ1) is 9.60. The summed E-state index contributed by atoms with van der Waals surface area (Å²) in [5, 5.41) is 9.21. The molecule has 2 aromatic carbocycles. The standard InChI is InChI=1S/C16H16FNO2/c1-11(18)14-6-12(9-19)7-15(8-14)20-10-13-4-2-3-5-16(13)17/h2-8,19H,1,9-10,18H2. The molecule has 4 heteroatoms. The van der Waals surface area contributed by atoms with Crippen LogP contribution in [0.4, 0.5) is 4.39 Å². The average molecular weight is 273 g/mol. The van der Waals surface area contributed by atoms with Crippen LogP contribution in [0.25, 0.3) is 5.70 Å². The fraction of sp³-hybridized carbons (Fsp3) is 0.125. The lowest BCUT2D eigenvalue weighted by Crippen LogP contribution is -2.01. The van der Waals surface area contributed by atoms with Gasteiger partial charge in [-0.2, -0.15) is 0 Å². The fourth-order valence-corrected chi connectivity index (χ4v) is 1.80. The van der Waals surface area contributed by atoms with Crippen LogP contribution in [-0.4, -0.2) is 5.11 Å². The Bertz CT molecular complexity index is 626. The Morgan fingerprint density at radius 1 is 1.25 bits per heavy atom. The van der Waals surface area contributed by atoms with Crippen LogP contribution in [-0.2, 0) is 13.2 Å². The monoisotopic (exact) mass is 273 g/mol. The summed E-state index contributed by atoms with van der Waals surface area (Å²) >= 11 is 0. The van der Waals surface area contributed by atoms with E-state index in [0.29, 0.717) is 28.1 Å². The van der Waals surface area contributed by atoms with Gasteiger partial charge >= 0.3 is 0 Å². The molecule has 0 bridgehead atoms. The maximum absolute atomic E-state index is 13.5. The lowest BCUT2D eigenvalue weighted by molar-refractivity contribution is 0.277. The number of aliphatic hydroxyl groups excluding tert-OH is 1. The van der Waals surface area contributed by atoms with Crippen LogP contribution in [0.2, 0.25) is 0 Å². The summed E-state index contributed by atoms with van der Waals surface area (Å²) < 4.78 is 19.0. The van der Waals surface area contributed by atoms with Crippen LogP contribution in [0.5, 0.6) is 5.75 Å². The Morgan fingerprint density at radius 2 is 2.00 bits per heavy atom. The second-order valence-corrected chi connectivity index (χ2v) is 4.43. The minimum atomic E-state index is -0.311. The van der Waals surface area contributed by atoms with Crippen molar-refractivity contribution in [1.29, 1.82) is 0 Å². The van der Waals surface area contributed by atoms with E-state index in [1.165, 1.54) is 6.07 Å². The summed E-state index contributed by atoms with van der Waals surface area (Å²) in [6.45, 7) is 3.64. The Hall–Kier alpha value is -2.33. The molecule has 0 aromatic heterocycles. The SMILES string of the molecule is C=C(N)c1cc(CO)cc(OCc2ccccc2F)c1. The van der Waals surface area contributed by atoms with Gasteiger partial charge in [-0.25, -0.2) is 4.39 Å². The van der Waals surface area contributed by atoms with Crippen molar-refractivity contribution in [3.63, 3.8) is 0 Å². The smallest absolute Gasteiger partial charge is 0.129 e. The van der Waals surface area contributed by atoms with E-state index in [1.807, 2.05) is 0 Å². The predicted octanol–water partition coefficient (Wildman–Crippen LogP) is 2.83. The zero-order valence-electron chi connectivity index (χ0n) is 11.0. The number of aliphatic hydroxyl groups is 1. The number of nitrogens with two attached hydrogens (primary N) is 1. The second kappa shape index (κ2) is 6.21. The molecule has 20 heavy (non-hydrogen) atoms. The molecule has 3 nitrogen and oxygen atoms in total. The highest BCUT2D eigenvalue weighted by atomic mass is 19.1. The number of benzene rings is 2. The normalized spacial score (nSPS) is 10.3. The molecular formula is C16H16FNO2. The van der Waals surface area contributed by atoms with Crippen LogP contribution in [0.3, 0.4) is 0 Å². The molecular weight excluding hydrogens is 257 g/mol. The third-order valence-corrected chi connectivity index (χ3v) is 2.87. The van der Waals surface area contributed by atoms with Crippen molar-refractivity contribution in [3.05, 3.63) is 71.6 Å². The van der Waals surface area contributed by atoms with Gasteiger partial charge in [-0.3, -0.25) is 0 Å². The molecule has 0 fully saturated rings. The molecule has 0 atom stereocenters. The Labute approximate surface area is 117 Å². The van der Waals surface area contributed by atoms with E-state index in [4.69, 9.17) is 10.5 Å². The van der Waals surface area contributed by atoms with Crippen LogP contribution in [0, 0.1) is 5.82 Å². The van der Waals surface area contributed by atoms with E-state index in [0.717, 1.165) is 0 Å². The third kappa shape index (κ3) is 3.36. The van der Waals surface area contributed by atoms with Gasteiger partial charge in [-0.05, 0) is 29.8 Å². The van der Waals surface area contributed by atoms with Gasteiger partial charge in [-0.15, -0.1) is 0 Å². The highest BCUT2D eigenvalue weighted by molar-refractivity contribution is 5.62. The van der Waals surface area contributed by atoms with Crippen molar-refractivity contribution >= 4 is 5.70 Å². The van der Waals surface area contributed by atoms with Crippen molar-refractivity contribution in [2.24, 2.45) is 5.73 Å². The van der Waals surface area contributed by atoms with Gasteiger partial charge in [-0.1, -0.05) is 24.8 Å². The van der Waals surface area contributed by atoms with Gasteiger partial charge in [0.25, 0.3) is 0 Å². The minimum absolute atomic E-state index is 0.109. The van der Waals surface area contributed by atoms with Gasteiger partial charge in [0, 0.05) is 16.8 Å². The zero-order chi connectivity index (χ0) is 14.5. The predicted molar refractivity (Wildman–Crippen MR) is 76.3 cm³/mol. The molecule has 0 aliphatic heterocycles. The first-order valence-corrected chi connectivity index (χ1v) is 6.16. The molecule has 2 aromatic rings. The molecule has 0 heterocycles. The third-order valence-electron chi connectivity index (χ3n) is 2.87. The lowest BCUT2D eigenvalue weighted by atomic mass is 10.1. The van der Waals surface area contributed by atoms with Gasteiger partial charge in [0.2, 0.25) is 0 Å². The van der Waals surface area contributed by atoms with E-state index in [-0.39, 0.29) is 19.0 Å². The van der Waals surface area contributed by atoms with Gasteiger partial charge < -0.3 is 15.6 Å². The Kier molecular flexibility index (Phi) is 4.38. The highest BCUT2D eigenvalue weighted by Crippen LogP contribution is 2.21. The molecule has 0 radical (unpaired) electrons. The largest absolute Gasteiger partial charge is 0.489 e. The van der Waals surface area contributed by atoms with Crippen LogP contribution < -0.4 is 10.5 Å². The number of hydrogen-bond donors (Lipinski definition) is 2. The Morgan fingerprint density at radius 3 is 2.65 bits per heavy atom. The number of ether oxygens (including phenoxy) is 1. The molecule has 104 valence electrons. The summed E-state index contributed by atoms with van der Waals surface area (Å²) in [6.07, 6.45) is 0. The summed E-state index contributed by atoms with van der Waals surface area (Å²) in [6, 6.07) is 11.6. The highest BCUT2D eigenvalue weighted by Gasteiger charge is 2.05. The molecule has 0 aliphatic carbocycles. The second-order valence-electron chi connectivity index (χ2n) is 4.43. The average Bonchev–Trinajstić information content (AvgIpc) is 2.46. The summed E-state index contributed by atoms with van der Waals surface area (Å²) in [5.41, 5.74) is 7.84. The number of halogens is 1. The first kappa shape index (κ1) is 14.1. The quantitative estimate of drug-likeness (QED) is 0.880. The maximum atomic E-state index is 13.5. The number of rotatable bonds is 5. The molecule has 0 saturated carbocycles. The molecule has 0 aliphatic rings. The van der Waals surface area contributed by atoms with E-state index >= 15 is 0 Å². The fourth-order valence-electron chi connectivity index (χ4n) is 1.80. The molecule has 0 spiro atoms. The van der Waals surface area contributed by atoms with Crippen LogP contribution in [0.1, 0.15) is 16.7 Å². The molecule has 0 amide bonds. The van der Waals surface area contributed by atoms with E-state index in [9.17, 15) is 9.50 Å². The first-order valence-electron chi connectivity index (χ1n) is 6.16. The molecule has 0 unspecified atom stereocenters. The van der Waals surface area contributed by atoms with Crippen molar-refractivity contribution in [2.45, 2.75) is 13.2 Å². The molecule has 2 rings (SSSR count). The topological polar surface area (TPSA) is 55.5 Å². The summed E-state index contributed by atoms with van der Waals surface area (Å²) in [5.74, 6) is 0.204. The van der Waals surface area contributed by atoms with Gasteiger partial charge in [0.15, 0.2) is 0 Å². The van der Waals surface area contributed by atoms with Crippen molar-refractivity contribution in [3.8, 4) is 5.75 Å². The molecule has 3 N–H and O–H groups in total. The van der Waals surface area contributed by atoms with E-state index in [1.54, 1.807) is 36.4 Å². The molecule has 0 saturated heterocycles. The minimum Gasteiger partial charge on any atom is -0.489 e. The van der Waals surface area contributed by atoms with Crippen LogP contribution >= 0.6 is 0 Å². The van der Waals surface area contributed by atoms with E-state index in [2.05, 4.69) is 6.58 Å². The van der Waals surface area contributed by atoms with Crippen molar-refractivity contribution < 1.29 is 14.2 Å². The number of hydrogen-bond acceptors (Lipinski definition) is 3. The van der Waals surface area contributed by atoms with Gasteiger partial charge in [0.05, 0.1) is 6.61 Å². The summed E-state index contributed by atoms with van der Waals surface area (Å²) in [4.78, 5) is 0. The van der Waals surface area contributed by atoms with E-state index < -0.39 is 0 Å².